The van der Waals surface area contributed by atoms with Crippen LogP contribution < -0.4 is 16.0 Å². The maximum Gasteiger partial charge on any atom is 0.417 e. The van der Waals surface area contributed by atoms with Crippen molar-refractivity contribution in [2.24, 2.45) is 5.92 Å². The van der Waals surface area contributed by atoms with Gasteiger partial charge in [0.05, 0.1) is 11.3 Å². The Morgan fingerprint density at radius 2 is 1.73 bits per heavy atom. The normalized spacial score (nSPS) is 20.1. The monoisotopic (exact) mass is 563 g/mol. The van der Waals surface area contributed by atoms with Gasteiger partial charge in [0, 0.05) is 35.1 Å². The average molecular weight is 564 g/mol. The van der Waals surface area contributed by atoms with Gasteiger partial charge in [0.1, 0.15) is 11.4 Å². The number of carbonyl (C=O) groups excluding carboxylic acids is 1. The number of alkyl halides is 3. The lowest BCUT2D eigenvalue weighted by atomic mass is 9.80. The van der Waals surface area contributed by atoms with Crippen LogP contribution in [0.1, 0.15) is 66.0 Å². The van der Waals surface area contributed by atoms with Crippen molar-refractivity contribution in [1.29, 1.82) is 0 Å². The van der Waals surface area contributed by atoms with E-state index in [0.29, 0.717) is 23.1 Å². The van der Waals surface area contributed by atoms with E-state index in [-0.39, 0.29) is 23.7 Å². The Morgan fingerprint density at radius 3 is 2.33 bits per heavy atom. The van der Waals surface area contributed by atoms with Crippen LogP contribution in [0.5, 0.6) is 0 Å². The van der Waals surface area contributed by atoms with Crippen molar-refractivity contribution in [3.8, 4) is 0 Å². The van der Waals surface area contributed by atoms with Gasteiger partial charge in [-0.2, -0.15) is 13.2 Å². The molecule has 2 fully saturated rings. The van der Waals surface area contributed by atoms with E-state index in [4.69, 9.17) is 4.74 Å². The number of hydrogen-bond acceptors (Lipinski definition) is 6. The Morgan fingerprint density at radius 1 is 1.07 bits per heavy atom. The molecule has 1 amide bonds. The van der Waals surface area contributed by atoms with Crippen LogP contribution in [-0.2, 0) is 4.74 Å². The zero-order valence-corrected chi connectivity index (χ0v) is 24.5. The molecule has 7 nitrogen and oxygen atoms in total. The molecular formula is C30H44F3N5O2. The zero-order chi connectivity index (χ0) is 29.7. The molecular weight excluding hydrogens is 519 g/mol. The summed E-state index contributed by atoms with van der Waals surface area (Å²) < 4.78 is 46.4. The summed E-state index contributed by atoms with van der Waals surface area (Å²) in [6.07, 6.45) is -1.59. The third-order valence-corrected chi connectivity index (χ3v) is 7.10. The molecule has 4 rings (SSSR count). The molecule has 0 radical (unpaired) electrons. The van der Waals surface area contributed by atoms with Crippen LogP contribution in [0.3, 0.4) is 0 Å². The second-order valence-electron chi connectivity index (χ2n) is 11.5. The van der Waals surface area contributed by atoms with Crippen molar-refractivity contribution < 1.29 is 22.7 Å². The van der Waals surface area contributed by atoms with Crippen LogP contribution >= 0.6 is 0 Å². The Labute approximate surface area is 235 Å². The number of anilines is 2. The van der Waals surface area contributed by atoms with Crippen LogP contribution in [0.2, 0.25) is 0 Å². The number of nitrogens with one attached hydrogen (secondary N) is 3. The number of halogens is 3. The molecule has 0 spiro atoms. The van der Waals surface area contributed by atoms with Gasteiger partial charge in [0.15, 0.2) is 0 Å². The molecule has 1 aliphatic carbocycles. The number of likely N-dealkylation sites (tertiary alicyclic amines) is 1. The molecule has 1 aromatic heterocycles. The Bertz CT molecular complexity index is 1160. The highest BCUT2D eigenvalue weighted by Crippen LogP contribution is 2.39. The molecule has 1 aromatic carbocycles. The summed E-state index contributed by atoms with van der Waals surface area (Å²) >= 11 is 0. The van der Waals surface area contributed by atoms with Gasteiger partial charge >= 0.3 is 12.3 Å². The number of benzene rings is 1. The van der Waals surface area contributed by atoms with Crippen LogP contribution in [0, 0.1) is 5.92 Å². The fourth-order valence-corrected chi connectivity index (χ4v) is 4.99. The van der Waals surface area contributed by atoms with Crippen molar-refractivity contribution in [1.82, 2.24) is 15.2 Å². The lowest BCUT2D eigenvalue weighted by Crippen LogP contribution is -2.43. The topological polar surface area (TPSA) is 78.5 Å². The number of piperidine rings is 1. The van der Waals surface area contributed by atoms with Gasteiger partial charge in [-0.3, -0.25) is 0 Å². The SMILES string of the molecule is C=C(c1nc(NC2CC(CNC(=O)OC(C)(C)C)C2)cc2c(NC3CCN(C)CC3)cccc12)C(F)(F)F.CC. The summed E-state index contributed by atoms with van der Waals surface area (Å²) in [5, 5.41) is 10.8. The van der Waals surface area contributed by atoms with Crippen molar-refractivity contribution >= 4 is 33.9 Å². The fourth-order valence-electron chi connectivity index (χ4n) is 4.99. The average Bonchev–Trinajstić information content (AvgIpc) is 2.85. The Balaban J connectivity index is 0.00000216. The molecule has 1 saturated heterocycles. The fraction of sp³-hybridized carbons (Fsp3) is 0.600. The third-order valence-electron chi connectivity index (χ3n) is 7.10. The van der Waals surface area contributed by atoms with Crippen LogP contribution in [-0.4, -0.2) is 66.5 Å². The summed E-state index contributed by atoms with van der Waals surface area (Å²) in [5.41, 5.74) is -0.885. The van der Waals surface area contributed by atoms with E-state index >= 15 is 0 Å². The smallest absolute Gasteiger partial charge is 0.417 e. The minimum atomic E-state index is -4.59. The summed E-state index contributed by atoms with van der Waals surface area (Å²) in [7, 11) is 2.09. The summed E-state index contributed by atoms with van der Waals surface area (Å²) in [4.78, 5) is 18.5. The van der Waals surface area contributed by atoms with Crippen LogP contribution in [0.25, 0.3) is 16.3 Å². The number of carbonyl (C=O) groups is 1. The first-order chi connectivity index (χ1) is 18.8. The quantitative estimate of drug-likeness (QED) is 0.335. The number of pyridine rings is 1. The predicted octanol–water partition coefficient (Wildman–Crippen LogP) is 7.06. The number of hydrogen-bond donors (Lipinski definition) is 3. The van der Waals surface area contributed by atoms with Gasteiger partial charge in [-0.15, -0.1) is 0 Å². The molecule has 2 heterocycles. The van der Waals surface area contributed by atoms with Gasteiger partial charge < -0.3 is 25.6 Å². The van der Waals surface area contributed by atoms with Crippen molar-refractivity contribution in [2.45, 2.75) is 84.2 Å². The number of allylic oxidation sites excluding steroid dienone is 1. The van der Waals surface area contributed by atoms with Gasteiger partial charge in [-0.05, 0) is 84.6 Å². The highest BCUT2D eigenvalue weighted by molar-refractivity contribution is 6.01. The largest absolute Gasteiger partial charge is 0.444 e. The highest BCUT2D eigenvalue weighted by atomic mass is 19.4. The minimum Gasteiger partial charge on any atom is -0.444 e. The minimum absolute atomic E-state index is 0.0476. The molecule has 2 aliphatic rings. The summed E-state index contributed by atoms with van der Waals surface area (Å²) in [5.74, 6) is 0.644. The number of nitrogens with zero attached hydrogens (tertiary/aromatic N) is 2. The van der Waals surface area contributed by atoms with E-state index in [1.54, 1.807) is 12.1 Å². The van der Waals surface area contributed by atoms with Gasteiger partial charge in [-0.1, -0.05) is 32.6 Å². The second-order valence-corrected chi connectivity index (χ2v) is 11.5. The first kappa shape index (κ1) is 31.5. The summed E-state index contributed by atoms with van der Waals surface area (Å²) in [6.45, 7) is 15.2. The number of alkyl carbamates (subject to hydrolysis) is 1. The van der Waals surface area contributed by atoms with Gasteiger partial charge in [-0.25, -0.2) is 9.78 Å². The van der Waals surface area contributed by atoms with Gasteiger partial charge in [0.25, 0.3) is 0 Å². The molecule has 3 N–H and O–H groups in total. The van der Waals surface area contributed by atoms with Crippen molar-refractivity contribution in [3.05, 3.63) is 36.5 Å². The number of amides is 1. The summed E-state index contributed by atoms with van der Waals surface area (Å²) in [6, 6.07) is 7.46. The van der Waals surface area contributed by atoms with Crippen molar-refractivity contribution in [3.63, 3.8) is 0 Å². The number of rotatable bonds is 7. The number of ether oxygens (including phenoxy) is 1. The maximum absolute atomic E-state index is 13.7. The van der Waals surface area contributed by atoms with Crippen molar-refractivity contribution in [2.75, 3.05) is 37.3 Å². The van der Waals surface area contributed by atoms with E-state index in [1.165, 1.54) is 0 Å². The van der Waals surface area contributed by atoms with E-state index in [1.807, 2.05) is 46.8 Å². The molecule has 1 aliphatic heterocycles. The molecule has 0 bridgehead atoms. The standard InChI is InChI=1S/C28H38F3N5O2.C2H6/c1-17(28(29,30)31)25-21-7-6-8-23(33-19-9-11-36(5)12-10-19)22(21)15-24(35-25)34-20-13-18(14-20)16-32-26(37)38-27(2,3)4;1-2/h6-8,15,18-20,33H,1,9-14,16H2,2-5H3,(H,32,37)(H,34,35);1-2H3. The van der Waals surface area contributed by atoms with E-state index in [9.17, 15) is 18.0 Å². The predicted molar refractivity (Wildman–Crippen MR) is 157 cm³/mol. The van der Waals surface area contributed by atoms with Crippen LogP contribution in [0.15, 0.2) is 30.8 Å². The third kappa shape index (κ3) is 8.49. The Hall–Kier alpha value is -3.01. The molecule has 1 saturated carbocycles. The lowest BCUT2D eigenvalue weighted by Gasteiger charge is -2.36. The van der Waals surface area contributed by atoms with E-state index < -0.39 is 23.4 Å². The van der Waals surface area contributed by atoms with Gasteiger partial charge in [0.2, 0.25) is 0 Å². The molecule has 0 unspecified atom stereocenters. The number of fused-ring (bicyclic) bond motifs is 1. The van der Waals surface area contributed by atoms with E-state index in [2.05, 4.69) is 39.5 Å². The molecule has 40 heavy (non-hydrogen) atoms. The maximum atomic E-state index is 13.7. The Kier molecular flexibility index (Phi) is 10.3. The first-order valence-corrected chi connectivity index (χ1v) is 14.2. The zero-order valence-electron chi connectivity index (χ0n) is 24.5. The highest BCUT2D eigenvalue weighted by Gasteiger charge is 2.36. The molecule has 2 aromatic rings. The lowest BCUT2D eigenvalue weighted by molar-refractivity contribution is -0.0688. The molecule has 10 heteroatoms. The second kappa shape index (κ2) is 13.1. The molecule has 0 atom stereocenters. The van der Waals surface area contributed by atoms with Crippen LogP contribution in [0.4, 0.5) is 29.5 Å². The first-order valence-electron chi connectivity index (χ1n) is 14.2. The van der Waals surface area contributed by atoms with E-state index in [0.717, 1.165) is 44.5 Å². The number of aromatic nitrogens is 1. The molecule has 222 valence electrons.